The van der Waals surface area contributed by atoms with Crippen molar-refractivity contribution in [2.75, 3.05) is 11.1 Å². The van der Waals surface area contributed by atoms with Gasteiger partial charge in [0.15, 0.2) is 0 Å². The molecule has 0 aliphatic heterocycles. The van der Waals surface area contributed by atoms with Gasteiger partial charge in [0.05, 0.1) is 23.1 Å². The summed E-state index contributed by atoms with van der Waals surface area (Å²) in [4.78, 5) is 11.9. The third-order valence-electron chi connectivity index (χ3n) is 2.96. The fourth-order valence-electron chi connectivity index (χ4n) is 1.89. The molecule has 0 fully saturated rings. The van der Waals surface area contributed by atoms with Crippen LogP contribution in [0.3, 0.4) is 0 Å². The van der Waals surface area contributed by atoms with Crippen LogP contribution in [0.2, 0.25) is 0 Å². The van der Waals surface area contributed by atoms with Crippen molar-refractivity contribution in [3.63, 3.8) is 0 Å². The fraction of sp³-hybridized carbons (Fsp3) is 0.176. The molecular weight excluding hydrogens is 334 g/mol. The van der Waals surface area contributed by atoms with Crippen LogP contribution >= 0.6 is 11.8 Å². The van der Waals surface area contributed by atoms with Crippen LogP contribution in [-0.4, -0.2) is 18.3 Å². The molecule has 2 aromatic carbocycles. The van der Waals surface area contributed by atoms with Gasteiger partial charge in [-0.1, -0.05) is 24.3 Å². The van der Waals surface area contributed by atoms with Crippen LogP contribution in [0.5, 0.6) is 5.75 Å². The molecule has 0 atom stereocenters. The lowest BCUT2D eigenvalue weighted by Crippen LogP contribution is -2.15. The number of nitriles is 1. The molecule has 24 heavy (non-hydrogen) atoms. The lowest BCUT2D eigenvalue weighted by atomic mass is 10.2. The summed E-state index contributed by atoms with van der Waals surface area (Å²) in [6.07, 6.45) is 0. The van der Waals surface area contributed by atoms with E-state index in [1.807, 2.05) is 18.2 Å². The van der Waals surface area contributed by atoms with Crippen molar-refractivity contribution < 1.29 is 18.3 Å². The van der Waals surface area contributed by atoms with E-state index in [4.69, 9.17) is 5.26 Å². The van der Waals surface area contributed by atoms with Crippen molar-refractivity contribution in [1.29, 1.82) is 5.26 Å². The second-order valence-electron chi connectivity index (χ2n) is 4.72. The summed E-state index contributed by atoms with van der Waals surface area (Å²) >= 11 is 1.38. The molecule has 0 aliphatic rings. The van der Waals surface area contributed by atoms with Gasteiger partial charge in [0.25, 0.3) is 0 Å². The molecular formula is C17H14F2N2O2S. The Labute approximate surface area is 142 Å². The molecule has 7 heteroatoms. The van der Waals surface area contributed by atoms with Gasteiger partial charge in [-0.15, -0.1) is 11.8 Å². The number of amides is 1. The van der Waals surface area contributed by atoms with E-state index in [-0.39, 0.29) is 23.1 Å². The van der Waals surface area contributed by atoms with Crippen LogP contribution in [0, 0.1) is 11.3 Å². The molecule has 0 saturated carbocycles. The smallest absolute Gasteiger partial charge is 0.387 e. The molecule has 0 unspecified atom stereocenters. The zero-order valence-electron chi connectivity index (χ0n) is 12.5. The Morgan fingerprint density at radius 2 is 1.92 bits per heavy atom. The maximum absolute atomic E-state index is 12.3. The Morgan fingerprint density at radius 1 is 1.21 bits per heavy atom. The third kappa shape index (κ3) is 5.56. The first kappa shape index (κ1) is 17.8. The van der Waals surface area contributed by atoms with Crippen molar-refractivity contribution in [2.24, 2.45) is 0 Å². The van der Waals surface area contributed by atoms with E-state index in [1.165, 1.54) is 23.9 Å². The first-order chi connectivity index (χ1) is 11.6. The number of hydrogen-bond donors (Lipinski definition) is 1. The van der Waals surface area contributed by atoms with E-state index < -0.39 is 6.61 Å². The number of rotatable bonds is 7. The van der Waals surface area contributed by atoms with Crippen LogP contribution in [0.15, 0.2) is 48.5 Å². The number of benzene rings is 2. The van der Waals surface area contributed by atoms with Crippen molar-refractivity contribution in [1.82, 2.24) is 0 Å². The molecule has 0 spiro atoms. The normalized spacial score (nSPS) is 10.2. The lowest BCUT2D eigenvalue weighted by molar-refractivity contribution is -0.113. The second kappa shape index (κ2) is 8.89. The number of carbonyl (C=O) groups is 1. The topological polar surface area (TPSA) is 62.1 Å². The summed E-state index contributed by atoms with van der Waals surface area (Å²) in [5.41, 5.74) is 1.78. The maximum atomic E-state index is 12.3. The summed E-state index contributed by atoms with van der Waals surface area (Å²) in [6, 6.07) is 15.2. The van der Waals surface area contributed by atoms with E-state index in [0.717, 1.165) is 5.56 Å². The molecule has 0 aliphatic carbocycles. The van der Waals surface area contributed by atoms with Gasteiger partial charge in [-0.2, -0.15) is 14.0 Å². The van der Waals surface area contributed by atoms with Crippen molar-refractivity contribution >= 4 is 23.4 Å². The average Bonchev–Trinajstić information content (AvgIpc) is 2.57. The van der Waals surface area contributed by atoms with Crippen molar-refractivity contribution in [3.05, 3.63) is 59.7 Å². The summed E-state index contributed by atoms with van der Waals surface area (Å²) in [6.45, 7) is -2.95. The van der Waals surface area contributed by atoms with E-state index >= 15 is 0 Å². The van der Waals surface area contributed by atoms with Gasteiger partial charge in [0, 0.05) is 5.75 Å². The zero-order valence-corrected chi connectivity index (χ0v) is 13.4. The number of ether oxygens (including phenoxy) is 1. The Kier molecular flexibility index (Phi) is 6.58. The van der Waals surface area contributed by atoms with Gasteiger partial charge >= 0.3 is 6.61 Å². The Balaban J connectivity index is 1.84. The molecule has 2 rings (SSSR count). The first-order valence-corrected chi connectivity index (χ1v) is 8.14. The second-order valence-corrected chi connectivity index (χ2v) is 5.71. The number of para-hydroxylation sites is 2. The number of thioether (sulfide) groups is 1. The number of halogens is 2. The molecule has 1 N–H and O–H groups in total. The predicted octanol–water partition coefficient (Wildman–Crippen LogP) is 4.03. The number of anilines is 1. The molecule has 1 amide bonds. The van der Waals surface area contributed by atoms with Gasteiger partial charge in [-0.25, -0.2) is 0 Å². The standard InChI is InChI=1S/C17H14F2N2O2S/c18-17(19)23-15-4-2-1-3-14(15)21-16(22)11-24-10-13-7-5-12(9-20)6-8-13/h1-8,17H,10-11H2,(H,21,22). The van der Waals surface area contributed by atoms with E-state index in [1.54, 1.807) is 24.3 Å². The number of hydrogen-bond acceptors (Lipinski definition) is 4. The quantitative estimate of drug-likeness (QED) is 0.820. The Hall–Kier alpha value is -2.59. The highest BCUT2D eigenvalue weighted by atomic mass is 32.2. The molecule has 124 valence electrons. The minimum Gasteiger partial charge on any atom is -0.433 e. The van der Waals surface area contributed by atoms with Crippen LogP contribution < -0.4 is 10.1 Å². The zero-order chi connectivity index (χ0) is 17.4. The summed E-state index contributed by atoms with van der Waals surface area (Å²) in [5, 5.41) is 11.3. The van der Waals surface area contributed by atoms with Crippen molar-refractivity contribution in [2.45, 2.75) is 12.4 Å². The highest BCUT2D eigenvalue weighted by Crippen LogP contribution is 2.25. The summed E-state index contributed by atoms with van der Waals surface area (Å²) in [5.74, 6) is 0.397. The average molecular weight is 348 g/mol. The molecule has 0 bridgehead atoms. The lowest BCUT2D eigenvalue weighted by Gasteiger charge is -2.11. The number of nitrogens with zero attached hydrogens (tertiary/aromatic N) is 1. The van der Waals surface area contributed by atoms with Crippen molar-refractivity contribution in [3.8, 4) is 11.8 Å². The van der Waals surface area contributed by atoms with Crippen LogP contribution in [0.25, 0.3) is 0 Å². The maximum Gasteiger partial charge on any atom is 0.387 e. The minimum absolute atomic E-state index is 0.0713. The summed E-state index contributed by atoms with van der Waals surface area (Å²) in [7, 11) is 0. The summed E-state index contributed by atoms with van der Waals surface area (Å²) < 4.78 is 29.0. The minimum atomic E-state index is -2.95. The molecule has 0 aromatic heterocycles. The number of alkyl halides is 2. The monoisotopic (exact) mass is 348 g/mol. The molecule has 4 nitrogen and oxygen atoms in total. The third-order valence-corrected chi connectivity index (χ3v) is 3.97. The molecule has 2 aromatic rings. The van der Waals surface area contributed by atoms with Gasteiger partial charge in [0.1, 0.15) is 5.75 Å². The highest BCUT2D eigenvalue weighted by molar-refractivity contribution is 7.99. The molecule has 0 saturated heterocycles. The van der Waals surface area contributed by atoms with E-state index in [0.29, 0.717) is 11.3 Å². The first-order valence-electron chi connectivity index (χ1n) is 6.99. The molecule has 0 radical (unpaired) electrons. The van der Waals surface area contributed by atoms with Crippen LogP contribution in [0.4, 0.5) is 14.5 Å². The van der Waals surface area contributed by atoms with Gasteiger partial charge in [-0.05, 0) is 29.8 Å². The van der Waals surface area contributed by atoms with Gasteiger partial charge in [0.2, 0.25) is 5.91 Å². The van der Waals surface area contributed by atoms with Gasteiger partial charge in [-0.3, -0.25) is 4.79 Å². The van der Waals surface area contributed by atoms with Gasteiger partial charge < -0.3 is 10.1 Å². The SMILES string of the molecule is N#Cc1ccc(CSCC(=O)Nc2ccccc2OC(F)F)cc1. The predicted molar refractivity (Wildman–Crippen MR) is 89.0 cm³/mol. The number of nitrogens with one attached hydrogen (secondary N) is 1. The Morgan fingerprint density at radius 3 is 2.58 bits per heavy atom. The van der Waals surface area contributed by atoms with Crippen LogP contribution in [-0.2, 0) is 10.5 Å². The largest absolute Gasteiger partial charge is 0.433 e. The van der Waals surface area contributed by atoms with E-state index in [2.05, 4.69) is 10.1 Å². The van der Waals surface area contributed by atoms with E-state index in [9.17, 15) is 13.6 Å². The highest BCUT2D eigenvalue weighted by Gasteiger charge is 2.11. The molecule has 0 heterocycles. The Bertz CT molecular complexity index is 730. The fourth-order valence-corrected chi connectivity index (χ4v) is 2.68. The van der Waals surface area contributed by atoms with Crippen LogP contribution in [0.1, 0.15) is 11.1 Å². The number of carbonyl (C=O) groups excluding carboxylic acids is 1.